The molecule has 0 aromatic heterocycles. The van der Waals surface area contributed by atoms with E-state index in [0.717, 1.165) is 12.0 Å². The Kier molecular flexibility index (Phi) is 5.31. The van der Waals surface area contributed by atoms with E-state index in [9.17, 15) is 9.90 Å². The fraction of sp³-hybridized carbons (Fsp3) is 0.357. The van der Waals surface area contributed by atoms with Gasteiger partial charge >= 0.3 is 0 Å². The number of ketones is 1. The van der Waals surface area contributed by atoms with Crippen molar-refractivity contribution in [3.63, 3.8) is 0 Å². The minimum atomic E-state index is -0.608. The fourth-order valence-corrected chi connectivity index (χ4v) is 1.33. The van der Waals surface area contributed by atoms with E-state index < -0.39 is 6.10 Å². The number of carbonyl (C=O) groups is 1. The minimum absolute atomic E-state index is 0.0530. The Labute approximate surface area is 96.3 Å². The first kappa shape index (κ1) is 12.5. The zero-order chi connectivity index (χ0) is 11.8. The average Bonchev–Trinajstić information content (AvgIpc) is 2.30. The lowest BCUT2D eigenvalue weighted by Crippen LogP contribution is -1.96. The van der Waals surface area contributed by atoms with Crippen LogP contribution in [0.5, 0.6) is 0 Å². The van der Waals surface area contributed by atoms with Crippen molar-refractivity contribution in [2.45, 2.75) is 32.3 Å². The molecule has 0 aliphatic rings. The van der Waals surface area contributed by atoms with Crippen molar-refractivity contribution in [2.24, 2.45) is 0 Å². The Hall–Kier alpha value is -1.59. The number of benzene rings is 1. The summed E-state index contributed by atoms with van der Waals surface area (Å²) in [7, 11) is 0. The molecule has 1 rings (SSSR count). The van der Waals surface area contributed by atoms with Crippen LogP contribution in [0.2, 0.25) is 0 Å². The highest BCUT2D eigenvalue weighted by atomic mass is 16.3. The van der Waals surface area contributed by atoms with Crippen LogP contribution in [0.1, 0.15) is 37.9 Å². The Bertz CT molecular complexity index is 384. The molecule has 1 atom stereocenters. The number of aliphatic hydroxyl groups excluding tert-OH is 1. The Morgan fingerprint density at radius 1 is 1.38 bits per heavy atom. The van der Waals surface area contributed by atoms with E-state index >= 15 is 0 Å². The van der Waals surface area contributed by atoms with E-state index in [4.69, 9.17) is 0 Å². The summed E-state index contributed by atoms with van der Waals surface area (Å²) in [6.45, 7) is 1.94. The van der Waals surface area contributed by atoms with Crippen LogP contribution in [-0.2, 0) is 4.79 Å². The summed E-state index contributed by atoms with van der Waals surface area (Å²) < 4.78 is 0. The molecule has 1 N–H and O–H groups in total. The lowest BCUT2D eigenvalue weighted by Gasteiger charge is -2.05. The average molecular weight is 216 g/mol. The van der Waals surface area contributed by atoms with Gasteiger partial charge in [0.2, 0.25) is 5.78 Å². The number of Topliss-reactive ketones (excluding diaryl/α,β-unsaturated/α-hetero) is 1. The van der Waals surface area contributed by atoms with E-state index in [-0.39, 0.29) is 5.78 Å². The highest BCUT2D eigenvalue weighted by Crippen LogP contribution is 2.14. The maximum Gasteiger partial charge on any atom is 0.205 e. The summed E-state index contributed by atoms with van der Waals surface area (Å²) in [5.41, 5.74) is 0.833. The van der Waals surface area contributed by atoms with Crippen LogP contribution in [0.3, 0.4) is 0 Å². The summed E-state index contributed by atoms with van der Waals surface area (Å²) in [4.78, 5) is 11.1. The van der Waals surface area contributed by atoms with E-state index in [1.54, 1.807) is 0 Å². The van der Waals surface area contributed by atoms with Gasteiger partial charge in [-0.3, -0.25) is 4.79 Å². The minimum Gasteiger partial charge on any atom is -0.387 e. The fourth-order valence-electron chi connectivity index (χ4n) is 1.33. The van der Waals surface area contributed by atoms with Gasteiger partial charge in [0.25, 0.3) is 0 Å². The molecule has 0 aliphatic carbocycles. The largest absolute Gasteiger partial charge is 0.387 e. The predicted octanol–water partition coefficient (Wildman–Crippen LogP) is 2.48. The molecule has 1 aromatic rings. The molecular formula is C14H16O2. The molecule has 0 saturated heterocycles. The molecule has 16 heavy (non-hydrogen) atoms. The van der Waals surface area contributed by atoms with E-state index in [0.29, 0.717) is 12.8 Å². The second kappa shape index (κ2) is 6.81. The van der Waals surface area contributed by atoms with Crippen molar-refractivity contribution < 1.29 is 9.90 Å². The quantitative estimate of drug-likeness (QED) is 0.620. The van der Waals surface area contributed by atoms with Crippen LogP contribution in [0, 0.1) is 11.8 Å². The number of hydrogen-bond donors (Lipinski definition) is 1. The Balaban J connectivity index is 2.47. The number of aliphatic hydroxyl groups is 1. The van der Waals surface area contributed by atoms with E-state index in [1.807, 2.05) is 37.3 Å². The van der Waals surface area contributed by atoms with Crippen molar-refractivity contribution in [2.75, 3.05) is 0 Å². The monoisotopic (exact) mass is 216 g/mol. The summed E-state index contributed by atoms with van der Waals surface area (Å²) in [6.07, 6.45) is 1.01. The van der Waals surface area contributed by atoms with Crippen LogP contribution in [0.4, 0.5) is 0 Å². The van der Waals surface area contributed by atoms with Gasteiger partial charge in [0.1, 0.15) is 0 Å². The normalized spacial score (nSPS) is 11.4. The molecule has 0 heterocycles. The molecule has 1 unspecified atom stereocenters. The van der Waals surface area contributed by atoms with E-state index in [2.05, 4.69) is 11.8 Å². The SMILES string of the molecule is CCCC(=O)C#CCC(O)c1ccccc1. The van der Waals surface area contributed by atoms with Gasteiger partial charge in [-0.25, -0.2) is 0 Å². The lowest BCUT2D eigenvalue weighted by molar-refractivity contribution is -0.113. The molecule has 0 fully saturated rings. The zero-order valence-electron chi connectivity index (χ0n) is 9.44. The van der Waals surface area contributed by atoms with Crippen molar-refractivity contribution in [1.82, 2.24) is 0 Å². The summed E-state index contributed by atoms with van der Waals surface area (Å²) in [5, 5.41) is 9.75. The number of hydrogen-bond acceptors (Lipinski definition) is 2. The third-order valence-electron chi connectivity index (χ3n) is 2.18. The van der Waals surface area contributed by atoms with Crippen molar-refractivity contribution in [1.29, 1.82) is 0 Å². The van der Waals surface area contributed by atoms with Gasteiger partial charge in [-0.1, -0.05) is 43.2 Å². The van der Waals surface area contributed by atoms with Gasteiger partial charge in [-0.05, 0) is 17.9 Å². The number of carbonyl (C=O) groups excluding carboxylic acids is 1. The van der Waals surface area contributed by atoms with Crippen LogP contribution in [-0.4, -0.2) is 10.9 Å². The van der Waals surface area contributed by atoms with Crippen molar-refractivity contribution in [3.8, 4) is 11.8 Å². The third kappa shape index (κ3) is 4.29. The molecule has 84 valence electrons. The molecule has 0 radical (unpaired) electrons. The van der Waals surface area contributed by atoms with Crippen molar-refractivity contribution >= 4 is 5.78 Å². The summed E-state index contributed by atoms with van der Waals surface area (Å²) >= 11 is 0. The van der Waals surface area contributed by atoms with Crippen molar-refractivity contribution in [3.05, 3.63) is 35.9 Å². The van der Waals surface area contributed by atoms with Crippen LogP contribution in [0.15, 0.2) is 30.3 Å². The zero-order valence-corrected chi connectivity index (χ0v) is 9.44. The molecule has 0 bridgehead atoms. The lowest BCUT2D eigenvalue weighted by atomic mass is 10.1. The van der Waals surface area contributed by atoms with Gasteiger partial charge in [-0.2, -0.15) is 0 Å². The van der Waals surface area contributed by atoms with Gasteiger partial charge < -0.3 is 5.11 Å². The Morgan fingerprint density at radius 2 is 2.06 bits per heavy atom. The van der Waals surface area contributed by atoms with Crippen LogP contribution < -0.4 is 0 Å². The summed E-state index contributed by atoms with van der Waals surface area (Å²) in [5.74, 6) is 5.20. The first-order valence-electron chi connectivity index (χ1n) is 5.48. The Morgan fingerprint density at radius 3 is 2.69 bits per heavy atom. The predicted molar refractivity (Wildman–Crippen MR) is 63.7 cm³/mol. The second-order valence-corrected chi connectivity index (χ2v) is 3.61. The first-order chi connectivity index (χ1) is 7.74. The molecule has 0 amide bonds. The van der Waals surface area contributed by atoms with Crippen LogP contribution in [0.25, 0.3) is 0 Å². The first-order valence-corrected chi connectivity index (χ1v) is 5.48. The van der Waals surface area contributed by atoms with Gasteiger partial charge in [-0.15, -0.1) is 0 Å². The molecule has 0 aliphatic heterocycles. The standard InChI is InChI=1S/C14H16O2/c1-2-7-13(15)10-6-11-14(16)12-8-4-3-5-9-12/h3-5,8-9,14,16H,2,7,11H2,1H3. The molecule has 0 spiro atoms. The smallest absolute Gasteiger partial charge is 0.205 e. The van der Waals surface area contributed by atoms with Gasteiger partial charge in [0.05, 0.1) is 6.10 Å². The molecule has 2 nitrogen and oxygen atoms in total. The number of rotatable bonds is 4. The van der Waals surface area contributed by atoms with Crippen LogP contribution >= 0.6 is 0 Å². The topological polar surface area (TPSA) is 37.3 Å². The highest BCUT2D eigenvalue weighted by Gasteiger charge is 2.03. The van der Waals surface area contributed by atoms with Gasteiger partial charge in [0.15, 0.2) is 0 Å². The molecule has 0 saturated carbocycles. The second-order valence-electron chi connectivity index (χ2n) is 3.61. The molecular weight excluding hydrogens is 200 g/mol. The maximum atomic E-state index is 11.1. The van der Waals surface area contributed by atoms with E-state index in [1.165, 1.54) is 0 Å². The molecule has 1 aromatic carbocycles. The maximum absolute atomic E-state index is 11.1. The summed E-state index contributed by atoms with van der Waals surface area (Å²) in [6, 6.07) is 9.33. The highest BCUT2D eigenvalue weighted by molar-refractivity contribution is 5.95. The third-order valence-corrected chi connectivity index (χ3v) is 2.18. The molecule has 2 heteroatoms. The van der Waals surface area contributed by atoms with Gasteiger partial charge in [0, 0.05) is 12.8 Å².